The first-order chi connectivity index (χ1) is 8.65. The highest BCUT2D eigenvalue weighted by molar-refractivity contribution is 5.76. The minimum atomic E-state index is -0.769. The molecule has 0 radical (unpaired) electrons. The SMILES string of the molecule is O=C(CCn1ccnn1)N[C@H]1CC[C@@H](C(=O)O)C1. The summed E-state index contributed by atoms with van der Waals surface area (Å²) in [4.78, 5) is 22.4. The molecule has 2 atom stereocenters. The van der Waals surface area contributed by atoms with Gasteiger partial charge in [-0.2, -0.15) is 0 Å². The number of carboxylic acids is 1. The van der Waals surface area contributed by atoms with Crippen molar-refractivity contribution in [2.75, 3.05) is 0 Å². The van der Waals surface area contributed by atoms with Crippen LogP contribution in [0, 0.1) is 5.92 Å². The van der Waals surface area contributed by atoms with Crippen molar-refractivity contribution in [2.24, 2.45) is 5.92 Å². The number of aliphatic carboxylic acids is 1. The molecule has 1 aliphatic carbocycles. The summed E-state index contributed by atoms with van der Waals surface area (Å²) in [6.45, 7) is 0.487. The normalized spacial score (nSPS) is 22.9. The fourth-order valence-electron chi connectivity index (χ4n) is 2.20. The highest BCUT2D eigenvalue weighted by atomic mass is 16.4. The lowest BCUT2D eigenvalue weighted by Gasteiger charge is -2.12. The zero-order valence-electron chi connectivity index (χ0n) is 9.95. The van der Waals surface area contributed by atoms with Crippen LogP contribution >= 0.6 is 0 Å². The van der Waals surface area contributed by atoms with Gasteiger partial charge in [0.1, 0.15) is 0 Å². The first kappa shape index (κ1) is 12.5. The Kier molecular flexibility index (Phi) is 3.91. The first-order valence-electron chi connectivity index (χ1n) is 6.01. The number of nitrogens with one attached hydrogen (secondary N) is 1. The molecule has 1 heterocycles. The van der Waals surface area contributed by atoms with Gasteiger partial charge in [0.05, 0.1) is 18.7 Å². The monoisotopic (exact) mass is 252 g/mol. The summed E-state index contributed by atoms with van der Waals surface area (Å²) in [5.41, 5.74) is 0. The standard InChI is InChI=1S/C11H16N4O3/c16-10(3-5-15-6-4-12-14-15)13-9-2-1-8(7-9)11(17)18/h4,6,8-9H,1-3,5,7H2,(H,13,16)(H,17,18)/t8-,9+/m1/s1. The van der Waals surface area contributed by atoms with E-state index in [2.05, 4.69) is 15.6 Å². The van der Waals surface area contributed by atoms with Gasteiger partial charge in [0.15, 0.2) is 0 Å². The Morgan fingerprint density at radius 1 is 1.44 bits per heavy atom. The van der Waals surface area contributed by atoms with E-state index in [0.717, 1.165) is 6.42 Å². The summed E-state index contributed by atoms with van der Waals surface area (Å²) in [6, 6.07) is -0.00523. The molecule has 2 N–H and O–H groups in total. The van der Waals surface area contributed by atoms with Gasteiger partial charge in [-0.05, 0) is 19.3 Å². The number of aromatic nitrogens is 3. The smallest absolute Gasteiger partial charge is 0.306 e. The fraction of sp³-hybridized carbons (Fsp3) is 0.636. The number of nitrogens with zero attached hydrogens (tertiary/aromatic N) is 3. The minimum Gasteiger partial charge on any atom is -0.481 e. The Hall–Kier alpha value is -1.92. The van der Waals surface area contributed by atoms with E-state index >= 15 is 0 Å². The summed E-state index contributed by atoms with van der Waals surface area (Å²) in [5, 5.41) is 19.1. The highest BCUT2D eigenvalue weighted by Gasteiger charge is 2.30. The molecule has 18 heavy (non-hydrogen) atoms. The van der Waals surface area contributed by atoms with Gasteiger partial charge in [-0.25, -0.2) is 0 Å². The van der Waals surface area contributed by atoms with Crippen LogP contribution in [0.1, 0.15) is 25.7 Å². The molecule has 1 aromatic rings. The highest BCUT2D eigenvalue weighted by Crippen LogP contribution is 2.25. The lowest BCUT2D eigenvalue weighted by atomic mass is 10.1. The third kappa shape index (κ3) is 3.28. The molecule has 0 unspecified atom stereocenters. The molecule has 1 fully saturated rings. The second-order valence-corrected chi connectivity index (χ2v) is 4.53. The Bertz CT molecular complexity index is 418. The van der Waals surface area contributed by atoms with Crippen molar-refractivity contribution in [3.63, 3.8) is 0 Å². The van der Waals surface area contributed by atoms with E-state index in [4.69, 9.17) is 5.11 Å². The average Bonchev–Trinajstić information content (AvgIpc) is 2.96. The number of carboxylic acid groups (broad SMARTS) is 1. The van der Waals surface area contributed by atoms with Gasteiger partial charge in [0.2, 0.25) is 5.91 Å². The van der Waals surface area contributed by atoms with Gasteiger partial charge in [-0.3, -0.25) is 14.3 Å². The van der Waals surface area contributed by atoms with E-state index in [0.29, 0.717) is 25.8 Å². The maximum absolute atomic E-state index is 11.7. The number of hydrogen-bond acceptors (Lipinski definition) is 4. The van der Waals surface area contributed by atoms with Crippen molar-refractivity contribution in [1.29, 1.82) is 0 Å². The van der Waals surface area contributed by atoms with Crippen LogP contribution < -0.4 is 5.32 Å². The summed E-state index contributed by atoms with van der Waals surface area (Å²) in [6.07, 6.45) is 5.51. The van der Waals surface area contributed by atoms with Crippen LogP contribution in [0.4, 0.5) is 0 Å². The molecule has 2 rings (SSSR count). The molecular formula is C11H16N4O3. The first-order valence-corrected chi connectivity index (χ1v) is 6.01. The maximum atomic E-state index is 11.7. The van der Waals surface area contributed by atoms with Gasteiger partial charge in [0.25, 0.3) is 0 Å². The van der Waals surface area contributed by atoms with E-state index in [9.17, 15) is 9.59 Å². The number of aryl methyl sites for hydroxylation is 1. The number of hydrogen-bond donors (Lipinski definition) is 2. The van der Waals surface area contributed by atoms with Crippen molar-refractivity contribution in [3.8, 4) is 0 Å². The van der Waals surface area contributed by atoms with Crippen molar-refractivity contribution < 1.29 is 14.7 Å². The van der Waals surface area contributed by atoms with Crippen molar-refractivity contribution in [1.82, 2.24) is 20.3 Å². The second-order valence-electron chi connectivity index (χ2n) is 4.53. The van der Waals surface area contributed by atoms with E-state index in [1.54, 1.807) is 17.1 Å². The van der Waals surface area contributed by atoms with Crippen LogP contribution in [-0.2, 0) is 16.1 Å². The number of rotatable bonds is 5. The van der Waals surface area contributed by atoms with Crippen molar-refractivity contribution >= 4 is 11.9 Å². The maximum Gasteiger partial charge on any atom is 0.306 e. The Balaban J connectivity index is 1.70. The molecule has 1 aromatic heterocycles. The zero-order chi connectivity index (χ0) is 13.0. The van der Waals surface area contributed by atoms with Crippen LogP contribution in [0.5, 0.6) is 0 Å². The molecular weight excluding hydrogens is 236 g/mol. The Morgan fingerprint density at radius 2 is 2.28 bits per heavy atom. The second kappa shape index (κ2) is 5.61. The van der Waals surface area contributed by atoms with E-state index in [1.807, 2.05) is 0 Å². The minimum absolute atomic E-state index is 0.00523. The number of carbonyl (C=O) groups is 2. The zero-order valence-corrected chi connectivity index (χ0v) is 9.95. The largest absolute Gasteiger partial charge is 0.481 e. The number of amides is 1. The van der Waals surface area contributed by atoms with Crippen LogP contribution in [0.25, 0.3) is 0 Å². The van der Waals surface area contributed by atoms with Gasteiger partial charge in [-0.1, -0.05) is 5.21 Å². The molecule has 0 spiro atoms. The van der Waals surface area contributed by atoms with Crippen molar-refractivity contribution in [2.45, 2.75) is 38.3 Å². The molecule has 0 aromatic carbocycles. The molecule has 1 aliphatic rings. The molecule has 0 bridgehead atoms. The lowest BCUT2D eigenvalue weighted by molar-refractivity contribution is -0.141. The van der Waals surface area contributed by atoms with Gasteiger partial charge < -0.3 is 10.4 Å². The summed E-state index contributed by atoms with van der Waals surface area (Å²) < 4.78 is 1.59. The molecule has 7 nitrogen and oxygen atoms in total. The van der Waals surface area contributed by atoms with Crippen LogP contribution in [0.2, 0.25) is 0 Å². The van der Waals surface area contributed by atoms with Crippen LogP contribution in [-0.4, -0.2) is 38.0 Å². The van der Waals surface area contributed by atoms with E-state index in [1.165, 1.54) is 0 Å². The topological polar surface area (TPSA) is 97.1 Å². The van der Waals surface area contributed by atoms with E-state index < -0.39 is 5.97 Å². The van der Waals surface area contributed by atoms with Gasteiger partial charge in [0, 0.05) is 18.7 Å². The quantitative estimate of drug-likeness (QED) is 0.771. The molecule has 98 valence electrons. The van der Waals surface area contributed by atoms with E-state index in [-0.39, 0.29) is 17.9 Å². The third-order valence-corrected chi connectivity index (χ3v) is 3.19. The number of carbonyl (C=O) groups excluding carboxylic acids is 1. The van der Waals surface area contributed by atoms with Crippen LogP contribution in [0.3, 0.4) is 0 Å². The Labute approximate surface area is 104 Å². The average molecular weight is 252 g/mol. The lowest BCUT2D eigenvalue weighted by Crippen LogP contribution is -2.33. The van der Waals surface area contributed by atoms with Gasteiger partial charge >= 0.3 is 5.97 Å². The molecule has 1 amide bonds. The predicted octanol–water partition coefficient (Wildman–Crippen LogP) is 0.0377. The predicted molar refractivity (Wildman–Crippen MR) is 61.5 cm³/mol. The summed E-state index contributed by atoms with van der Waals surface area (Å²) in [7, 11) is 0. The summed E-state index contributed by atoms with van der Waals surface area (Å²) >= 11 is 0. The molecule has 7 heteroatoms. The van der Waals surface area contributed by atoms with Crippen LogP contribution in [0.15, 0.2) is 12.4 Å². The molecule has 0 saturated heterocycles. The van der Waals surface area contributed by atoms with Crippen molar-refractivity contribution in [3.05, 3.63) is 12.4 Å². The molecule has 1 saturated carbocycles. The van der Waals surface area contributed by atoms with Gasteiger partial charge in [-0.15, -0.1) is 5.10 Å². The third-order valence-electron chi connectivity index (χ3n) is 3.19. The Morgan fingerprint density at radius 3 is 2.89 bits per heavy atom. The fourth-order valence-corrected chi connectivity index (χ4v) is 2.20. The molecule has 0 aliphatic heterocycles. The summed E-state index contributed by atoms with van der Waals surface area (Å²) in [5.74, 6) is -1.15.